The lowest BCUT2D eigenvalue weighted by atomic mass is 9.87. The van der Waals surface area contributed by atoms with Gasteiger partial charge in [-0.15, -0.1) is 0 Å². The highest BCUT2D eigenvalue weighted by Crippen LogP contribution is 2.62. The minimum absolute atomic E-state index is 0.545. The van der Waals surface area contributed by atoms with Gasteiger partial charge in [0.2, 0.25) is 11.8 Å². The third kappa shape index (κ3) is 28.8. The maximum Gasteiger partial charge on any atom is 0.481 e. The number of carbonyl (C=O) groups excluding carboxylic acids is 2. The molecule has 0 bridgehead atoms. The van der Waals surface area contributed by atoms with Gasteiger partial charge in [0.15, 0.2) is 37.7 Å². The van der Waals surface area contributed by atoms with Crippen molar-refractivity contribution in [2.75, 3.05) is 85.8 Å². The third-order valence-corrected chi connectivity index (χ3v) is 28.3. The molecule has 0 aliphatic carbocycles. The van der Waals surface area contributed by atoms with Gasteiger partial charge in [-0.3, -0.25) is 27.7 Å². The number of nitrogens with two attached hydrogens (primary N) is 2. The molecule has 9 saturated heterocycles. The van der Waals surface area contributed by atoms with E-state index in [1.165, 1.54) is 0 Å². The Hall–Kier alpha value is -4.24. The van der Waals surface area contributed by atoms with E-state index in [9.17, 15) is 221 Å². The van der Waals surface area contributed by atoms with Crippen LogP contribution in [0.15, 0.2) is 0 Å². The smallest absolute Gasteiger partial charge is 0.477 e. The Morgan fingerprint density at radius 3 is 1.31 bits per heavy atom. The number of hydrogen-bond acceptors (Lipinski definition) is 62. The Bertz CT molecular complexity index is 4300. The van der Waals surface area contributed by atoms with Gasteiger partial charge in [0.1, 0.15) is 226 Å². The van der Waals surface area contributed by atoms with Crippen LogP contribution in [0.4, 0.5) is 0 Å². The van der Waals surface area contributed by atoms with Gasteiger partial charge in [0, 0.05) is 46.2 Å². The number of aliphatic hydroxyl groups excluding tert-OH is 29. The van der Waals surface area contributed by atoms with Crippen molar-refractivity contribution in [2.24, 2.45) is 11.5 Å². The van der Waals surface area contributed by atoms with Gasteiger partial charge < -0.3 is 286 Å². The summed E-state index contributed by atoms with van der Waals surface area (Å²) in [6.07, 6.45) is -124. The molecule has 9 aliphatic heterocycles. The number of hydrogen-bond donors (Lipinski definition) is 40. The number of aliphatic carboxylic acids is 3. The maximum atomic E-state index is 13.8. The summed E-state index contributed by atoms with van der Waals surface area (Å²) in [4.78, 5) is 97.1. The van der Waals surface area contributed by atoms with Crippen molar-refractivity contribution in [1.82, 2.24) is 10.6 Å². The summed E-state index contributed by atoms with van der Waals surface area (Å²) in [6.45, 7) is -14.7. The van der Waals surface area contributed by atoms with Gasteiger partial charge >= 0.3 is 41.4 Å². The van der Waals surface area contributed by atoms with Gasteiger partial charge in [-0.1, -0.05) is 0 Å². The van der Waals surface area contributed by atoms with Crippen molar-refractivity contribution in [3.63, 3.8) is 0 Å². The monoisotopic (exact) mass is 2210 g/mol. The van der Waals surface area contributed by atoms with E-state index in [1.807, 2.05) is 0 Å². The van der Waals surface area contributed by atoms with Crippen LogP contribution in [0.3, 0.4) is 0 Å². The summed E-state index contributed by atoms with van der Waals surface area (Å²) in [7, 11) is -17.9. The fourth-order valence-corrected chi connectivity index (χ4v) is 20.5. The topological polar surface area (TPSA) is 1140 Å². The van der Waals surface area contributed by atoms with Crippen LogP contribution in [0, 0.1) is 0 Å². The van der Waals surface area contributed by atoms with Gasteiger partial charge in [-0.2, -0.15) is 4.31 Å². The van der Waals surface area contributed by atoms with Crippen LogP contribution in [-0.2, 0) is 141 Å². The van der Waals surface area contributed by atoms with E-state index < -0.39 is 463 Å². The van der Waals surface area contributed by atoms with Crippen molar-refractivity contribution in [3.05, 3.63) is 0 Å². The van der Waals surface area contributed by atoms with E-state index in [-0.39, 0.29) is 0 Å². The molecule has 70 nitrogen and oxygen atoms in total. The molecule has 0 saturated carbocycles. The number of rotatable bonds is 50. The maximum absolute atomic E-state index is 13.8. The van der Waals surface area contributed by atoms with Crippen LogP contribution in [-0.4, -0.2) is 604 Å². The Kier molecular flexibility index (Phi) is 45.5. The molecule has 3 unspecified atom stereocenters. The van der Waals surface area contributed by atoms with Crippen LogP contribution in [0.1, 0.15) is 33.1 Å². The van der Waals surface area contributed by atoms with E-state index in [2.05, 4.69) is 19.5 Å². The molecule has 9 fully saturated rings. The third-order valence-electron chi connectivity index (χ3n) is 24.5. The quantitative estimate of drug-likeness (QED) is 0.0252. The summed E-state index contributed by atoms with van der Waals surface area (Å²) >= 11 is 0. The highest BCUT2D eigenvalue weighted by atomic mass is 31.3. The molecule has 850 valence electrons. The summed E-state index contributed by atoms with van der Waals surface area (Å²) in [5, 5.41) is 378. The number of amides is 2. The molecular weight excluding hydrogens is 2080 g/mol. The first-order chi connectivity index (χ1) is 68.3. The standard InChI is InChI=1S/C73H127N4O66P3/c1-19(87)76-33-21(89)7-72(69(111)112,138-55(33)35(95)23(91)10-78)136-30(16-84)38(98)56-34(77-20(2)88)22(90)8-73(139-56,70(113)114)140-57-37(97)29(15-83)125-64(47(57)107)129-52-31(17-85)126-63(46(106)44(52)104)133-59-42(102)40(100)49(24(92)11-79)127-66(59)134-60-43(103)41(101)53(32(18-86)142-144(116,117)122-5-3-74)130-67(60)132-58-48(108)65(128-50(25(93)12-80)61(58)135-62-45(105)39(99)36(96)28(14-82)124-62)131-54-27(141-146(120,121)143-145(118,119)123-6-4-75)9-71(115,68(109)110)137-51(54)26(94)13-81/h21-67,78-86,89-108,115H,3-18,74-75H2,1-2H3,(H,76,87)(H,77,88)(H,109,110)(H,111,112)(H,113,114)(H,116,117)(H,118,119)(H,120,121)/t21-,22-,23+,24-,25-,26+,27+,28+,29+,30+,31+,32-,33+,34+,35+,36+,37-,38+,39-,40-,41-,42-,43-,44+,45+,46+,47+,48-,49+,50+,51+,52+,53+,54+,55+,56+,57-,58+,59-,60-,61+,62-,63-,64-,65+,66+,67+,71+,72+,73-/m0/s1. The summed E-state index contributed by atoms with van der Waals surface area (Å²) in [5.41, 5.74) is 10.7. The van der Waals surface area contributed by atoms with Gasteiger partial charge in [-0.25, -0.2) is 28.1 Å². The van der Waals surface area contributed by atoms with Gasteiger partial charge in [-0.05, 0) is 0 Å². The van der Waals surface area contributed by atoms with Crippen LogP contribution >= 0.6 is 23.5 Å². The second kappa shape index (κ2) is 53.0. The molecule has 0 aromatic heterocycles. The van der Waals surface area contributed by atoms with E-state index in [4.69, 9.17) is 106 Å². The lowest BCUT2D eigenvalue weighted by molar-refractivity contribution is -0.421. The molecule has 146 heavy (non-hydrogen) atoms. The average Bonchev–Trinajstić information content (AvgIpc) is 0.750. The Morgan fingerprint density at radius 2 is 0.808 bits per heavy atom. The SMILES string of the molecule is CC(=O)N[C@H]1[C@H]([C@H](O)[C@H](O)CO)O[C@@](O[C@H](CO)[C@@H](O)[C@@H]2O[C@@](O[C@H]3[C@@H](O)[C@@H](CO)O[C@@H](O[C@H]4[C@H](O)[C@@H](O)[C@H](O[C@@H]5[C@@H](O[C@@H]6[C@@H](O[C@@H]7[C@H](O)[C@@H](O[C@H]8[C@@H]([C@H](O)CO)O[C@@](O)(C(=O)O)C[C@H]8OP(=O)(O)OP(=O)(O)OCCN)O[C@H]([C@@H](O)CO)[C@H]7O[C@@H]7O[C@H](CO)[C@@H](O)[C@H](O)[C@H]7O)O[C@H]([C@H](CO)OP(=O)(O)OCCN)[C@@H](O)[C@@H]6O)O[C@H]([C@@H](O)CO)[C@@H](O)[C@@H]5O)O[C@@H]4CO)[C@@H]3O)(C(=O)O)C[C@H](O)[C@H]2NC(C)=O)(C(=O)O)C[C@@H]1O. The first-order valence-electron chi connectivity index (χ1n) is 44.3. The number of nitrogens with one attached hydrogen (secondary N) is 2. The molecule has 53 atom stereocenters. The molecule has 9 aliphatic rings. The van der Waals surface area contributed by atoms with Crippen LogP contribution < -0.4 is 22.1 Å². The zero-order valence-corrected chi connectivity index (χ0v) is 79.0. The number of carboxylic acid groups (broad SMARTS) is 3. The van der Waals surface area contributed by atoms with Gasteiger partial charge in [0.05, 0.1) is 97.0 Å². The Labute approximate surface area is 820 Å². The molecule has 42 N–H and O–H groups in total. The second-order valence-electron chi connectivity index (χ2n) is 34.8. The van der Waals surface area contributed by atoms with E-state index in [0.717, 1.165) is 13.8 Å². The number of phosphoric acid groups is 3. The Balaban J connectivity index is 1.09. The molecular formula is C73H127N4O66P3. The number of aliphatic hydroxyl groups is 30. The lowest BCUT2D eigenvalue weighted by Gasteiger charge is -2.53. The summed E-state index contributed by atoms with van der Waals surface area (Å²) in [6, 6.07) is -3.98. The highest BCUT2D eigenvalue weighted by Gasteiger charge is 2.67. The van der Waals surface area contributed by atoms with Crippen LogP contribution in [0.5, 0.6) is 0 Å². The normalized spacial score (nSPS) is 43.5. The number of carboxylic acids is 3. The first-order valence-corrected chi connectivity index (χ1v) is 48.8. The van der Waals surface area contributed by atoms with Crippen LogP contribution in [0.25, 0.3) is 0 Å². The number of carbonyl (C=O) groups is 5. The number of ether oxygens (including phenoxy) is 17. The summed E-state index contributed by atoms with van der Waals surface area (Å²) < 4.78 is 163. The molecule has 9 rings (SSSR count). The molecule has 73 heteroatoms. The first kappa shape index (κ1) is 125. The lowest BCUT2D eigenvalue weighted by Crippen LogP contribution is -2.72. The van der Waals surface area contributed by atoms with Crippen LogP contribution in [0.2, 0.25) is 0 Å². The molecule has 0 aromatic carbocycles. The molecule has 0 spiro atoms. The van der Waals surface area contributed by atoms with E-state index in [1.54, 1.807) is 0 Å². The number of phosphoric ester groups is 3. The van der Waals surface area contributed by atoms with E-state index >= 15 is 0 Å². The minimum Gasteiger partial charge on any atom is -0.477 e. The second-order valence-corrected chi connectivity index (χ2v) is 39.2. The van der Waals surface area contributed by atoms with E-state index in [0.29, 0.717) is 0 Å². The zero-order valence-electron chi connectivity index (χ0n) is 76.3. The van der Waals surface area contributed by atoms with Crippen molar-refractivity contribution in [2.45, 2.75) is 338 Å². The van der Waals surface area contributed by atoms with Crippen molar-refractivity contribution < 1.29 is 324 Å². The predicted octanol–water partition coefficient (Wildman–Crippen LogP) is -23.7. The summed E-state index contributed by atoms with van der Waals surface area (Å²) in [5.74, 6) is -20.1. The molecule has 0 radical (unpaired) electrons. The van der Waals surface area contributed by atoms with Crippen molar-refractivity contribution in [1.29, 1.82) is 0 Å². The largest absolute Gasteiger partial charge is 0.481 e. The highest BCUT2D eigenvalue weighted by molar-refractivity contribution is 7.61. The van der Waals surface area contributed by atoms with Crippen molar-refractivity contribution >= 4 is 53.2 Å². The molecule has 0 aromatic rings. The average molecular weight is 2210 g/mol. The molecule has 2 amide bonds. The minimum atomic E-state index is -6.41. The predicted molar refractivity (Wildman–Crippen MR) is 442 cm³/mol. The molecule has 9 heterocycles. The fraction of sp³-hybridized carbons (Fsp3) is 0.932. The zero-order chi connectivity index (χ0) is 109. The van der Waals surface area contributed by atoms with Crippen molar-refractivity contribution in [3.8, 4) is 0 Å². The fourth-order valence-electron chi connectivity index (χ4n) is 17.3. The van der Waals surface area contributed by atoms with Gasteiger partial charge in [0.25, 0.3) is 17.4 Å². The Morgan fingerprint density at radius 1 is 0.390 bits per heavy atom.